The van der Waals surface area contributed by atoms with E-state index in [1.54, 1.807) is 0 Å². The van der Waals surface area contributed by atoms with Gasteiger partial charge in [-0.05, 0) is 43.7 Å². The Morgan fingerprint density at radius 1 is 1.15 bits per heavy atom. The summed E-state index contributed by atoms with van der Waals surface area (Å²) in [5.74, 6) is 1.68. The van der Waals surface area contributed by atoms with E-state index in [0.717, 1.165) is 57.2 Å². The van der Waals surface area contributed by atoms with Gasteiger partial charge in [0, 0.05) is 50.1 Å². The van der Waals surface area contributed by atoms with Crippen molar-refractivity contribution in [3.05, 3.63) is 35.4 Å². The van der Waals surface area contributed by atoms with Crippen LogP contribution in [0.3, 0.4) is 0 Å². The zero-order valence-electron chi connectivity index (χ0n) is 16.0. The molecule has 144 valence electrons. The van der Waals surface area contributed by atoms with Crippen molar-refractivity contribution < 1.29 is 4.79 Å². The van der Waals surface area contributed by atoms with Crippen molar-refractivity contribution in [2.45, 2.75) is 57.2 Å². The second-order valence-electron chi connectivity index (χ2n) is 7.51. The number of nitrogens with zero attached hydrogens (tertiary/aromatic N) is 2. The van der Waals surface area contributed by atoms with E-state index < -0.39 is 0 Å². The zero-order chi connectivity index (χ0) is 18.2. The lowest BCUT2D eigenvalue weighted by atomic mass is 10.1. The van der Waals surface area contributed by atoms with Gasteiger partial charge in [-0.1, -0.05) is 52.3 Å². The average molecular weight is 393 g/mol. The minimum absolute atomic E-state index is 0.371. The van der Waals surface area contributed by atoms with Crippen LogP contribution in [0.5, 0.6) is 0 Å². The first-order valence-corrected chi connectivity index (χ1v) is 12.4. The van der Waals surface area contributed by atoms with E-state index >= 15 is 0 Å². The van der Waals surface area contributed by atoms with Gasteiger partial charge in [0.15, 0.2) is 0 Å². The van der Waals surface area contributed by atoms with E-state index in [9.17, 15) is 4.79 Å². The molecule has 0 aromatic heterocycles. The molecule has 0 saturated carbocycles. The summed E-state index contributed by atoms with van der Waals surface area (Å²) in [6.45, 7) is 7.10. The van der Waals surface area contributed by atoms with E-state index in [1.807, 2.05) is 21.6 Å². The van der Waals surface area contributed by atoms with Crippen LogP contribution in [0.2, 0.25) is 0 Å². The first-order chi connectivity index (χ1) is 12.7. The summed E-state index contributed by atoms with van der Waals surface area (Å²) in [6.07, 6.45) is 6.73. The standard InChI is InChI=1S/C21H32N2OS2/c1-18-7-2-3-8-19(18)17-22-12-6-13-23(15-14-22)21(24)10-5-4-9-20-11-16-25-26-20/h2-3,7-8,20H,4-6,9-17H2,1H3. The van der Waals surface area contributed by atoms with Crippen LogP contribution in [-0.2, 0) is 11.3 Å². The Hall–Kier alpha value is -0.650. The fraction of sp³-hybridized carbons (Fsp3) is 0.667. The van der Waals surface area contributed by atoms with Crippen molar-refractivity contribution in [3.8, 4) is 0 Å². The predicted octanol–water partition coefficient (Wildman–Crippen LogP) is 4.74. The normalized spacial score (nSPS) is 21.7. The molecule has 3 nitrogen and oxygen atoms in total. The van der Waals surface area contributed by atoms with Crippen LogP contribution in [-0.4, -0.2) is 52.9 Å². The Labute approximate surface area is 166 Å². The highest BCUT2D eigenvalue weighted by Gasteiger charge is 2.20. The zero-order valence-corrected chi connectivity index (χ0v) is 17.6. The molecule has 1 aromatic rings. The minimum Gasteiger partial charge on any atom is -0.341 e. The number of hydrogen-bond donors (Lipinski definition) is 0. The van der Waals surface area contributed by atoms with Gasteiger partial charge in [-0.2, -0.15) is 0 Å². The Morgan fingerprint density at radius 3 is 2.85 bits per heavy atom. The number of carbonyl (C=O) groups is 1. The number of amides is 1. The molecule has 2 fully saturated rings. The summed E-state index contributed by atoms with van der Waals surface area (Å²) < 4.78 is 0. The predicted molar refractivity (Wildman–Crippen MR) is 115 cm³/mol. The number of unbranched alkanes of at least 4 members (excludes halogenated alkanes) is 1. The summed E-state index contributed by atoms with van der Waals surface area (Å²) >= 11 is 0. The van der Waals surface area contributed by atoms with Crippen molar-refractivity contribution in [3.63, 3.8) is 0 Å². The summed E-state index contributed by atoms with van der Waals surface area (Å²) in [5, 5.41) is 0.836. The smallest absolute Gasteiger partial charge is 0.222 e. The quantitative estimate of drug-likeness (QED) is 0.494. The van der Waals surface area contributed by atoms with Gasteiger partial charge in [-0.15, -0.1) is 0 Å². The molecular formula is C21H32N2OS2. The van der Waals surface area contributed by atoms with Gasteiger partial charge in [0.1, 0.15) is 0 Å². The monoisotopic (exact) mass is 392 g/mol. The number of hydrogen-bond acceptors (Lipinski definition) is 4. The lowest BCUT2D eigenvalue weighted by Gasteiger charge is -2.22. The van der Waals surface area contributed by atoms with Gasteiger partial charge in [-0.25, -0.2) is 0 Å². The van der Waals surface area contributed by atoms with Crippen molar-refractivity contribution in [2.75, 3.05) is 31.9 Å². The van der Waals surface area contributed by atoms with Crippen molar-refractivity contribution in [1.29, 1.82) is 0 Å². The highest BCUT2D eigenvalue weighted by atomic mass is 33.1. The largest absolute Gasteiger partial charge is 0.341 e. The van der Waals surface area contributed by atoms with Gasteiger partial charge >= 0.3 is 0 Å². The van der Waals surface area contributed by atoms with Crippen LogP contribution >= 0.6 is 21.6 Å². The summed E-state index contributed by atoms with van der Waals surface area (Å²) in [6, 6.07) is 8.64. The molecule has 5 heteroatoms. The fourth-order valence-electron chi connectivity index (χ4n) is 3.78. The second-order valence-corrected chi connectivity index (χ2v) is 10.3. The van der Waals surface area contributed by atoms with E-state index in [1.165, 1.54) is 36.1 Å². The lowest BCUT2D eigenvalue weighted by molar-refractivity contribution is -0.131. The highest BCUT2D eigenvalue weighted by Crippen LogP contribution is 2.39. The number of benzene rings is 1. The lowest BCUT2D eigenvalue weighted by Crippen LogP contribution is -2.35. The molecule has 0 bridgehead atoms. The van der Waals surface area contributed by atoms with E-state index in [4.69, 9.17) is 0 Å². The first kappa shape index (κ1) is 20.1. The Kier molecular flexibility index (Phi) is 8.21. The van der Waals surface area contributed by atoms with Gasteiger partial charge in [0.05, 0.1) is 0 Å². The first-order valence-electron chi connectivity index (χ1n) is 10.1. The molecule has 1 amide bonds. The molecule has 26 heavy (non-hydrogen) atoms. The van der Waals surface area contributed by atoms with Gasteiger partial charge in [0.25, 0.3) is 0 Å². The van der Waals surface area contributed by atoms with Crippen LogP contribution in [0.15, 0.2) is 24.3 Å². The average Bonchev–Trinajstić information content (AvgIpc) is 3.05. The van der Waals surface area contributed by atoms with Crippen LogP contribution in [0, 0.1) is 6.92 Å². The molecule has 0 N–H and O–H groups in total. The Balaban J connectivity index is 1.37. The third kappa shape index (κ3) is 6.21. The number of aryl methyl sites for hydroxylation is 1. The van der Waals surface area contributed by atoms with Gasteiger partial charge in [0.2, 0.25) is 5.91 Å². The van der Waals surface area contributed by atoms with Gasteiger partial charge < -0.3 is 4.90 Å². The molecule has 2 heterocycles. The molecule has 1 atom stereocenters. The van der Waals surface area contributed by atoms with Crippen LogP contribution in [0.25, 0.3) is 0 Å². The summed E-state index contributed by atoms with van der Waals surface area (Å²) in [4.78, 5) is 17.2. The third-order valence-corrected chi connectivity index (χ3v) is 8.50. The molecule has 2 aliphatic heterocycles. The maximum absolute atomic E-state index is 12.6. The maximum Gasteiger partial charge on any atom is 0.222 e. The van der Waals surface area contributed by atoms with E-state index in [-0.39, 0.29) is 0 Å². The highest BCUT2D eigenvalue weighted by molar-refractivity contribution is 8.77. The van der Waals surface area contributed by atoms with E-state index in [0.29, 0.717) is 5.91 Å². The van der Waals surface area contributed by atoms with Crippen molar-refractivity contribution >= 4 is 27.5 Å². The number of rotatable bonds is 7. The molecular weight excluding hydrogens is 360 g/mol. The minimum atomic E-state index is 0.371. The van der Waals surface area contributed by atoms with Crippen LogP contribution < -0.4 is 0 Å². The molecule has 3 rings (SSSR count). The molecule has 2 saturated heterocycles. The van der Waals surface area contributed by atoms with E-state index in [2.05, 4.69) is 41.0 Å². The molecule has 0 radical (unpaired) electrons. The molecule has 1 aromatic carbocycles. The van der Waals surface area contributed by atoms with Crippen molar-refractivity contribution in [2.24, 2.45) is 0 Å². The molecule has 0 spiro atoms. The topological polar surface area (TPSA) is 23.6 Å². The Morgan fingerprint density at radius 2 is 2.04 bits per heavy atom. The molecule has 1 unspecified atom stereocenters. The van der Waals surface area contributed by atoms with Crippen LogP contribution in [0.1, 0.15) is 49.7 Å². The summed E-state index contributed by atoms with van der Waals surface area (Å²) in [5.41, 5.74) is 2.78. The van der Waals surface area contributed by atoms with Gasteiger partial charge in [-0.3, -0.25) is 9.69 Å². The molecule has 2 aliphatic rings. The third-order valence-electron chi connectivity index (χ3n) is 5.49. The summed E-state index contributed by atoms with van der Waals surface area (Å²) in [7, 11) is 4.06. The second kappa shape index (κ2) is 10.6. The SMILES string of the molecule is Cc1ccccc1CN1CCCN(C(=O)CCCCC2CCSS2)CC1. The van der Waals surface area contributed by atoms with Crippen molar-refractivity contribution in [1.82, 2.24) is 9.80 Å². The fourth-order valence-corrected chi connectivity index (χ4v) is 6.81. The number of carbonyl (C=O) groups excluding carboxylic acids is 1. The maximum atomic E-state index is 12.6. The Bertz CT molecular complexity index is 575. The van der Waals surface area contributed by atoms with Crippen LogP contribution in [0.4, 0.5) is 0 Å². The molecule has 0 aliphatic carbocycles.